The molecule has 3 rings (SSSR count). The number of hydrogen-bond acceptors (Lipinski definition) is 3. The van der Waals surface area contributed by atoms with E-state index in [2.05, 4.69) is 16.6 Å². The van der Waals surface area contributed by atoms with Gasteiger partial charge in [-0.05, 0) is 58.4 Å². The number of benzene rings is 1. The van der Waals surface area contributed by atoms with E-state index in [9.17, 15) is 9.00 Å². The number of likely N-dealkylation sites (tertiary alicyclic amines) is 1. The van der Waals surface area contributed by atoms with Crippen LogP contribution in [0.15, 0.2) is 24.8 Å². The van der Waals surface area contributed by atoms with Gasteiger partial charge in [-0.3, -0.25) is 0 Å². The fourth-order valence-corrected chi connectivity index (χ4v) is 4.93. The Hall–Kier alpha value is -1.28. The van der Waals surface area contributed by atoms with Gasteiger partial charge < -0.3 is 15.0 Å². The van der Waals surface area contributed by atoms with Crippen LogP contribution in [0.2, 0.25) is 10.0 Å². The van der Waals surface area contributed by atoms with Crippen molar-refractivity contribution in [3.63, 3.8) is 0 Å². The van der Waals surface area contributed by atoms with Crippen molar-refractivity contribution in [2.45, 2.75) is 63.3 Å². The number of carbonyl (C=O) groups excluding carboxylic acids is 1. The average molecular weight is 503 g/mol. The van der Waals surface area contributed by atoms with E-state index in [1.807, 2.05) is 25.7 Å². The van der Waals surface area contributed by atoms with Crippen molar-refractivity contribution >= 4 is 40.2 Å². The lowest BCUT2D eigenvalue weighted by Crippen LogP contribution is -2.47. The lowest BCUT2D eigenvalue weighted by Gasteiger charge is -2.37. The summed E-state index contributed by atoms with van der Waals surface area (Å²) < 4.78 is 21.9. The number of nitrogens with zero attached hydrogens (tertiary/aromatic N) is 1. The highest BCUT2D eigenvalue weighted by molar-refractivity contribution is 7.84. The van der Waals surface area contributed by atoms with E-state index in [1.54, 1.807) is 18.2 Å². The average Bonchev–Trinajstić information content (AvgIpc) is 3.56. The summed E-state index contributed by atoms with van der Waals surface area (Å²) in [6.45, 7) is 11.1. The van der Waals surface area contributed by atoms with Crippen LogP contribution in [0.25, 0.3) is 0 Å². The van der Waals surface area contributed by atoms with Crippen molar-refractivity contribution in [1.29, 1.82) is 0 Å². The van der Waals surface area contributed by atoms with Gasteiger partial charge in [0.15, 0.2) is 0 Å². The maximum absolute atomic E-state index is 13.1. The second kappa shape index (κ2) is 10.8. The molecule has 2 unspecified atom stereocenters. The maximum Gasteiger partial charge on any atom is 0.317 e. The Morgan fingerprint density at radius 2 is 1.88 bits per heavy atom. The molecule has 178 valence electrons. The minimum Gasteiger partial charge on any atom is -0.489 e. The minimum atomic E-state index is -1.31. The SMILES string of the molecule is C=CCOc1cc(Cl)c(Cl)cc1C(NS(=O)C(C)(C)C)C1CCN(C(=O)NC2CC2)CC1. The molecule has 6 nitrogen and oxygen atoms in total. The first-order valence-corrected chi connectivity index (χ1v) is 13.0. The molecule has 2 atom stereocenters. The normalized spacial score (nSPS) is 19.3. The third-order valence-corrected chi connectivity index (χ3v) is 8.04. The van der Waals surface area contributed by atoms with E-state index in [-0.39, 0.29) is 18.0 Å². The zero-order valence-electron chi connectivity index (χ0n) is 19.0. The number of amides is 2. The molecule has 1 aromatic rings. The number of rotatable bonds is 8. The quantitative estimate of drug-likeness (QED) is 0.478. The molecule has 0 radical (unpaired) electrons. The van der Waals surface area contributed by atoms with Crippen molar-refractivity contribution in [2.24, 2.45) is 5.92 Å². The molecule has 0 bridgehead atoms. The molecular formula is C23H33Cl2N3O3S. The Morgan fingerprint density at radius 3 is 2.44 bits per heavy atom. The first-order valence-electron chi connectivity index (χ1n) is 11.1. The zero-order valence-corrected chi connectivity index (χ0v) is 21.3. The van der Waals surface area contributed by atoms with Crippen LogP contribution in [0, 0.1) is 5.92 Å². The molecule has 32 heavy (non-hydrogen) atoms. The van der Waals surface area contributed by atoms with Gasteiger partial charge in [0, 0.05) is 30.8 Å². The van der Waals surface area contributed by atoms with Crippen molar-refractivity contribution in [2.75, 3.05) is 19.7 Å². The van der Waals surface area contributed by atoms with Crippen LogP contribution in [0.4, 0.5) is 4.79 Å². The molecule has 2 amide bonds. The predicted octanol–water partition coefficient (Wildman–Crippen LogP) is 5.24. The van der Waals surface area contributed by atoms with E-state index >= 15 is 0 Å². The van der Waals surface area contributed by atoms with Crippen LogP contribution in [0.5, 0.6) is 5.75 Å². The van der Waals surface area contributed by atoms with Gasteiger partial charge in [-0.25, -0.2) is 13.7 Å². The minimum absolute atomic E-state index is 0.0123. The third-order valence-electron chi connectivity index (χ3n) is 5.74. The summed E-state index contributed by atoms with van der Waals surface area (Å²) in [5, 5.41) is 3.88. The topological polar surface area (TPSA) is 70.7 Å². The standard InChI is InChI=1S/C23H33Cl2N3O3S/c1-5-12-31-20-14-19(25)18(24)13-17(20)21(27-32(30)23(2,3)4)15-8-10-28(11-9-15)22(29)26-16-6-7-16/h5,13-16,21,27H,1,6-12H2,2-4H3,(H,26,29). The van der Waals surface area contributed by atoms with E-state index in [0.29, 0.717) is 41.5 Å². The van der Waals surface area contributed by atoms with E-state index < -0.39 is 15.7 Å². The van der Waals surface area contributed by atoms with E-state index in [4.69, 9.17) is 27.9 Å². The van der Waals surface area contributed by atoms with Gasteiger partial charge in [0.05, 0.1) is 31.8 Å². The van der Waals surface area contributed by atoms with Crippen LogP contribution in [0.3, 0.4) is 0 Å². The van der Waals surface area contributed by atoms with Gasteiger partial charge in [0.2, 0.25) is 0 Å². The van der Waals surface area contributed by atoms with Gasteiger partial charge in [0.25, 0.3) is 0 Å². The van der Waals surface area contributed by atoms with Gasteiger partial charge in [-0.1, -0.05) is 35.9 Å². The number of ether oxygens (including phenoxy) is 1. The second-order valence-corrected chi connectivity index (χ2v) is 12.2. The van der Waals surface area contributed by atoms with E-state index in [0.717, 1.165) is 31.2 Å². The third kappa shape index (κ3) is 6.62. The largest absolute Gasteiger partial charge is 0.489 e. The Balaban J connectivity index is 1.84. The molecule has 1 saturated heterocycles. The van der Waals surface area contributed by atoms with Crippen LogP contribution < -0.4 is 14.8 Å². The number of halogens is 2. The predicted molar refractivity (Wildman–Crippen MR) is 132 cm³/mol. The molecule has 1 aliphatic carbocycles. The summed E-state index contributed by atoms with van der Waals surface area (Å²) in [6.07, 6.45) is 5.35. The zero-order chi connectivity index (χ0) is 23.5. The molecular weight excluding hydrogens is 469 g/mol. The summed E-state index contributed by atoms with van der Waals surface area (Å²) in [5.41, 5.74) is 0.819. The van der Waals surface area contributed by atoms with Gasteiger partial charge in [0.1, 0.15) is 12.4 Å². The molecule has 1 aliphatic heterocycles. The second-order valence-electron chi connectivity index (χ2n) is 9.43. The number of urea groups is 1. The summed E-state index contributed by atoms with van der Waals surface area (Å²) >= 11 is 12.6. The van der Waals surface area contributed by atoms with Gasteiger partial charge in [-0.2, -0.15) is 0 Å². The van der Waals surface area contributed by atoms with Crippen molar-refractivity contribution < 1.29 is 13.7 Å². The fourth-order valence-electron chi connectivity index (χ4n) is 3.70. The van der Waals surface area contributed by atoms with Gasteiger partial charge >= 0.3 is 6.03 Å². The Bertz CT molecular complexity index is 863. The van der Waals surface area contributed by atoms with Crippen molar-refractivity contribution in [1.82, 2.24) is 14.9 Å². The number of nitrogens with one attached hydrogen (secondary N) is 2. The maximum atomic E-state index is 13.1. The van der Waals surface area contributed by atoms with E-state index in [1.165, 1.54) is 0 Å². The van der Waals surface area contributed by atoms with Crippen LogP contribution in [-0.4, -0.2) is 45.6 Å². The molecule has 2 aliphatic rings. The Labute approximate surface area is 203 Å². The molecule has 2 N–H and O–H groups in total. The Morgan fingerprint density at radius 1 is 1.25 bits per heavy atom. The van der Waals surface area contributed by atoms with Crippen LogP contribution >= 0.6 is 23.2 Å². The first-order chi connectivity index (χ1) is 15.1. The number of piperidine rings is 1. The number of carbonyl (C=O) groups is 1. The highest BCUT2D eigenvalue weighted by atomic mass is 35.5. The molecule has 1 heterocycles. The number of hydrogen-bond donors (Lipinski definition) is 2. The summed E-state index contributed by atoms with van der Waals surface area (Å²) in [5.74, 6) is 0.742. The van der Waals surface area contributed by atoms with Crippen molar-refractivity contribution in [3.05, 3.63) is 40.4 Å². The van der Waals surface area contributed by atoms with Crippen LogP contribution in [0.1, 0.15) is 58.1 Å². The lowest BCUT2D eigenvalue weighted by atomic mass is 9.85. The van der Waals surface area contributed by atoms with Crippen LogP contribution in [-0.2, 0) is 11.0 Å². The lowest BCUT2D eigenvalue weighted by molar-refractivity contribution is 0.160. The molecule has 1 saturated carbocycles. The van der Waals surface area contributed by atoms with Crippen molar-refractivity contribution in [3.8, 4) is 5.75 Å². The highest BCUT2D eigenvalue weighted by Gasteiger charge is 2.35. The first kappa shape index (κ1) is 25.3. The molecule has 2 fully saturated rings. The summed E-state index contributed by atoms with van der Waals surface area (Å²) in [6, 6.07) is 3.59. The molecule has 0 aromatic heterocycles. The monoisotopic (exact) mass is 501 g/mol. The summed E-state index contributed by atoms with van der Waals surface area (Å²) in [7, 11) is -1.31. The Kier molecular flexibility index (Phi) is 8.53. The smallest absolute Gasteiger partial charge is 0.317 e. The van der Waals surface area contributed by atoms with Gasteiger partial charge in [-0.15, -0.1) is 0 Å². The summed E-state index contributed by atoms with van der Waals surface area (Å²) in [4.78, 5) is 14.3. The molecule has 9 heteroatoms. The fraction of sp³-hybridized carbons (Fsp3) is 0.609. The molecule has 0 spiro atoms. The highest BCUT2D eigenvalue weighted by Crippen LogP contribution is 2.40. The molecule has 1 aromatic carbocycles.